The molecule has 0 aromatic heterocycles. The quantitative estimate of drug-likeness (QED) is 0.671. The van der Waals surface area contributed by atoms with Gasteiger partial charge >= 0.3 is 5.97 Å². The van der Waals surface area contributed by atoms with Crippen molar-refractivity contribution in [1.82, 2.24) is 0 Å². The highest BCUT2D eigenvalue weighted by Gasteiger charge is 2.52. The molecule has 1 heterocycles. The number of esters is 1. The van der Waals surface area contributed by atoms with Gasteiger partial charge in [-0.05, 0) is 18.8 Å². The van der Waals surface area contributed by atoms with Gasteiger partial charge in [-0.15, -0.1) is 0 Å². The fourth-order valence-electron chi connectivity index (χ4n) is 3.92. The number of ketones is 1. The predicted octanol–water partition coefficient (Wildman–Crippen LogP) is 1.30. The number of carbonyl (C=O) groups excluding carboxylic acids is 2. The number of methoxy groups -OCH3 is 1. The van der Waals surface area contributed by atoms with E-state index >= 15 is 0 Å². The van der Waals surface area contributed by atoms with E-state index in [1.54, 1.807) is 0 Å². The molecule has 5 heteroatoms. The SMILES string of the molecule is COC(=O)C1CCC(=O)[C@@H]2CCC3(C[C@@H]12)OCCO3. The van der Waals surface area contributed by atoms with Crippen LogP contribution in [-0.2, 0) is 23.8 Å². The van der Waals surface area contributed by atoms with E-state index in [1.165, 1.54) is 7.11 Å². The number of hydrogen-bond acceptors (Lipinski definition) is 5. The smallest absolute Gasteiger partial charge is 0.308 e. The number of hydrogen-bond donors (Lipinski definition) is 0. The molecule has 1 saturated heterocycles. The van der Waals surface area contributed by atoms with Crippen LogP contribution in [0.25, 0.3) is 0 Å². The molecule has 3 atom stereocenters. The van der Waals surface area contributed by atoms with Crippen molar-refractivity contribution in [2.75, 3.05) is 20.3 Å². The average molecular weight is 268 g/mol. The Morgan fingerprint density at radius 1 is 1.32 bits per heavy atom. The summed E-state index contributed by atoms with van der Waals surface area (Å²) in [6, 6.07) is 0. The maximum Gasteiger partial charge on any atom is 0.308 e. The molecule has 0 bridgehead atoms. The van der Waals surface area contributed by atoms with E-state index in [-0.39, 0.29) is 29.5 Å². The lowest BCUT2D eigenvalue weighted by Gasteiger charge is -2.45. The highest BCUT2D eigenvalue weighted by Crippen LogP contribution is 2.48. The maximum absolute atomic E-state index is 12.1. The first-order valence-corrected chi connectivity index (χ1v) is 7.04. The van der Waals surface area contributed by atoms with Gasteiger partial charge in [-0.25, -0.2) is 0 Å². The van der Waals surface area contributed by atoms with Crippen molar-refractivity contribution in [2.45, 2.75) is 37.9 Å². The molecule has 5 nitrogen and oxygen atoms in total. The van der Waals surface area contributed by atoms with E-state index in [0.29, 0.717) is 32.5 Å². The van der Waals surface area contributed by atoms with Gasteiger partial charge < -0.3 is 14.2 Å². The van der Waals surface area contributed by atoms with Gasteiger partial charge in [-0.3, -0.25) is 9.59 Å². The Kier molecular flexibility index (Phi) is 3.35. The average Bonchev–Trinajstić information content (AvgIpc) is 2.86. The van der Waals surface area contributed by atoms with E-state index in [9.17, 15) is 9.59 Å². The second-order valence-electron chi connectivity index (χ2n) is 5.76. The van der Waals surface area contributed by atoms with Crippen molar-refractivity contribution < 1.29 is 23.8 Å². The van der Waals surface area contributed by atoms with Crippen LogP contribution in [0.1, 0.15) is 32.1 Å². The van der Waals surface area contributed by atoms with Gasteiger partial charge in [-0.1, -0.05) is 0 Å². The zero-order valence-electron chi connectivity index (χ0n) is 11.2. The first-order valence-electron chi connectivity index (χ1n) is 7.04. The molecule has 3 rings (SSSR count). The van der Waals surface area contributed by atoms with Crippen LogP contribution < -0.4 is 0 Å². The largest absolute Gasteiger partial charge is 0.469 e. The molecule has 0 aromatic carbocycles. The van der Waals surface area contributed by atoms with Gasteiger partial charge in [0.25, 0.3) is 0 Å². The van der Waals surface area contributed by atoms with Crippen LogP contribution in [0.3, 0.4) is 0 Å². The molecule has 3 fully saturated rings. The zero-order chi connectivity index (χ0) is 13.5. The van der Waals surface area contributed by atoms with Crippen LogP contribution in [0.4, 0.5) is 0 Å². The molecule has 0 N–H and O–H groups in total. The van der Waals surface area contributed by atoms with Crippen molar-refractivity contribution >= 4 is 11.8 Å². The molecule has 0 amide bonds. The summed E-state index contributed by atoms with van der Waals surface area (Å²) in [4.78, 5) is 24.0. The van der Waals surface area contributed by atoms with Gasteiger partial charge in [0.1, 0.15) is 5.78 Å². The first-order chi connectivity index (χ1) is 9.15. The van der Waals surface area contributed by atoms with Crippen molar-refractivity contribution in [3.63, 3.8) is 0 Å². The molecular formula is C14H20O5. The van der Waals surface area contributed by atoms with Gasteiger partial charge in [0, 0.05) is 25.2 Å². The van der Waals surface area contributed by atoms with Crippen LogP contribution in [0.2, 0.25) is 0 Å². The van der Waals surface area contributed by atoms with Crippen LogP contribution >= 0.6 is 0 Å². The summed E-state index contributed by atoms with van der Waals surface area (Å²) >= 11 is 0. The molecule has 0 radical (unpaired) electrons. The molecule has 1 spiro atoms. The van der Waals surface area contributed by atoms with Crippen LogP contribution in [0, 0.1) is 17.8 Å². The molecule has 0 aromatic rings. The van der Waals surface area contributed by atoms with E-state index in [0.717, 1.165) is 12.8 Å². The molecule has 106 valence electrons. The third kappa shape index (κ3) is 2.19. The van der Waals surface area contributed by atoms with Gasteiger partial charge in [0.15, 0.2) is 5.79 Å². The fourth-order valence-corrected chi connectivity index (χ4v) is 3.92. The van der Waals surface area contributed by atoms with E-state index < -0.39 is 5.79 Å². The molecule has 19 heavy (non-hydrogen) atoms. The number of carbonyl (C=O) groups is 2. The van der Waals surface area contributed by atoms with Crippen LogP contribution in [0.5, 0.6) is 0 Å². The summed E-state index contributed by atoms with van der Waals surface area (Å²) in [7, 11) is 1.41. The third-order valence-electron chi connectivity index (χ3n) is 4.85. The number of Topliss-reactive ketones (excluding diaryl/α,β-unsaturated/α-hetero) is 1. The highest BCUT2D eigenvalue weighted by atomic mass is 16.7. The summed E-state index contributed by atoms with van der Waals surface area (Å²) in [6.07, 6.45) is 3.26. The minimum Gasteiger partial charge on any atom is -0.469 e. The van der Waals surface area contributed by atoms with Gasteiger partial charge in [0.2, 0.25) is 0 Å². The molecule has 3 aliphatic rings. The Morgan fingerprint density at radius 2 is 2.05 bits per heavy atom. The topological polar surface area (TPSA) is 61.8 Å². The Hall–Kier alpha value is -0.940. The van der Waals surface area contributed by atoms with Crippen LogP contribution in [0.15, 0.2) is 0 Å². The van der Waals surface area contributed by atoms with Crippen LogP contribution in [-0.4, -0.2) is 37.9 Å². The standard InChI is InChI=1S/C14H20O5/c1-17-13(16)10-2-3-12(15)9-4-5-14(8-11(9)10)18-6-7-19-14/h9-11H,2-8H2,1H3/t9-,10?,11-/m1/s1. The second kappa shape index (κ2) is 4.87. The lowest BCUT2D eigenvalue weighted by atomic mass is 9.63. The Bertz CT molecular complexity index is 385. The molecule has 1 unspecified atom stereocenters. The minimum absolute atomic E-state index is 0.0144. The van der Waals surface area contributed by atoms with E-state index in [2.05, 4.69) is 0 Å². The summed E-state index contributed by atoms with van der Waals surface area (Å²) in [5, 5.41) is 0. The predicted molar refractivity (Wildman–Crippen MR) is 65.2 cm³/mol. The molecule has 1 aliphatic heterocycles. The first kappa shape index (κ1) is 13.1. The summed E-state index contributed by atoms with van der Waals surface area (Å²) in [6.45, 7) is 1.21. The molecule has 2 aliphatic carbocycles. The summed E-state index contributed by atoms with van der Waals surface area (Å²) < 4.78 is 16.4. The molecular weight excluding hydrogens is 248 g/mol. The van der Waals surface area contributed by atoms with Crippen molar-refractivity contribution in [3.8, 4) is 0 Å². The van der Waals surface area contributed by atoms with Gasteiger partial charge in [-0.2, -0.15) is 0 Å². The molecule has 2 saturated carbocycles. The van der Waals surface area contributed by atoms with Crippen molar-refractivity contribution in [3.05, 3.63) is 0 Å². The number of fused-ring (bicyclic) bond motifs is 1. The minimum atomic E-state index is -0.551. The Morgan fingerprint density at radius 3 is 2.74 bits per heavy atom. The van der Waals surface area contributed by atoms with Gasteiger partial charge in [0.05, 0.1) is 26.2 Å². The van der Waals surface area contributed by atoms with Crippen molar-refractivity contribution in [2.24, 2.45) is 17.8 Å². The normalized spacial score (nSPS) is 37.1. The summed E-state index contributed by atoms with van der Waals surface area (Å²) in [5.41, 5.74) is 0. The van der Waals surface area contributed by atoms with E-state index in [4.69, 9.17) is 14.2 Å². The lowest BCUT2D eigenvalue weighted by Crippen LogP contribution is -2.49. The summed E-state index contributed by atoms with van der Waals surface area (Å²) in [5.74, 6) is -0.643. The second-order valence-corrected chi connectivity index (χ2v) is 5.76. The van der Waals surface area contributed by atoms with Crippen molar-refractivity contribution in [1.29, 1.82) is 0 Å². The zero-order valence-corrected chi connectivity index (χ0v) is 11.2. The fraction of sp³-hybridized carbons (Fsp3) is 0.857. The Labute approximate surface area is 112 Å². The highest BCUT2D eigenvalue weighted by molar-refractivity contribution is 5.85. The lowest BCUT2D eigenvalue weighted by molar-refractivity contribution is -0.205. The van der Waals surface area contributed by atoms with E-state index in [1.807, 2.05) is 0 Å². The number of rotatable bonds is 1. The Balaban J connectivity index is 1.82. The number of ether oxygens (including phenoxy) is 3. The maximum atomic E-state index is 12.1. The third-order valence-corrected chi connectivity index (χ3v) is 4.85. The monoisotopic (exact) mass is 268 g/mol.